The molecular weight excluding hydrogens is 314 g/mol. The Kier molecular flexibility index (Phi) is 8.50. The molecule has 0 atom stereocenters. The van der Waals surface area contributed by atoms with E-state index < -0.39 is 3.79 Å². The van der Waals surface area contributed by atoms with Crippen molar-refractivity contribution in [1.82, 2.24) is 0 Å². The zero-order valence-corrected chi connectivity index (χ0v) is 11.4. The maximum Gasteiger partial charge on any atom is 0.305 e. The Labute approximate surface area is 107 Å². The zero-order chi connectivity index (χ0) is 11.0. The van der Waals surface area contributed by atoms with Crippen LogP contribution in [0.2, 0.25) is 0 Å². The van der Waals surface area contributed by atoms with E-state index in [0.717, 1.165) is 24.6 Å². The van der Waals surface area contributed by atoms with Gasteiger partial charge in [0, 0.05) is 11.8 Å². The molecule has 0 aliphatic rings. The van der Waals surface area contributed by atoms with E-state index in [-0.39, 0.29) is 12.6 Å². The number of ether oxygens (including phenoxy) is 1. The number of esters is 1. The molecule has 0 amide bonds. The lowest BCUT2D eigenvalue weighted by molar-refractivity contribution is -0.143. The number of carbonyl (C=O) groups is 1. The molecule has 0 aliphatic heterocycles. The van der Waals surface area contributed by atoms with Crippen molar-refractivity contribution in [3.63, 3.8) is 0 Å². The smallest absolute Gasteiger partial charge is 0.305 e. The Bertz CT molecular complexity index is 170. The van der Waals surface area contributed by atoms with Gasteiger partial charge in [-0.15, -0.1) is 0 Å². The number of unbranched alkanes of at least 4 members (excludes halogenated alkanes) is 2. The monoisotopic (exact) mass is 324 g/mol. The predicted octanol–water partition coefficient (Wildman–Crippen LogP) is 3.86. The summed E-state index contributed by atoms with van der Waals surface area (Å²) in [6, 6.07) is 0. The Morgan fingerprint density at radius 2 is 1.86 bits per heavy atom. The second-order valence-corrected chi connectivity index (χ2v) is 6.08. The molecule has 84 valence electrons. The molecule has 0 aromatic carbocycles. The van der Waals surface area contributed by atoms with Crippen molar-refractivity contribution in [2.45, 2.75) is 29.5 Å². The highest BCUT2D eigenvalue weighted by molar-refractivity contribution is 9.09. The fourth-order valence-electron chi connectivity index (χ4n) is 0.775. The summed E-state index contributed by atoms with van der Waals surface area (Å²) in [5.74, 6) is -0.314. The number of halogens is 4. The SMILES string of the molecule is O=C(CCCCCBr)OCC(Cl)(Cl)Cl. The molecular formula is C8H12BrCl3O2. The van der Waals surface area contributed by atoms with E-state index in [1.165, 1.54) is 0 Å². The van der Waals surface area contributed by atoms with Crippen molar-refractivity contribution in [3.05, 3.63) is 0 Å². The Morgan fingerprint density at radius 3 is 2.36 bits per heavy atom. The molecule has 0 aromatic rings. The fraction of sp³-hybridized carbons (Fsp3) is 0.875. The summed E-state index contributed by atoms with van der Waals surface area (Å²) in [6.45, 7) is -0.186. The van der Waals surface area contributed by atoms with E-state index in [0.29, 0.717) is 6.42 Å². The minimum Gasteiger partial charge on any atom is -0.461 e. The normalized spacial score (nSPS) is 11.4. The molecule has 0 N–H and O–H groups in total. The molecule has 0 rings (SSSR count). The van der Waals surface area contributed by atoms with Crippen LogP contribution in [0.3, 0.4) is 0 Å². The third kappa shape index (κ3) is 10.9. The lowest BCUT2D eigenvalue weighted by Gasteiger charge is -2.10. The lowest BCUT2D eigenvalue weighted by Crippen LogP contribution is -2.17. The predicted molar refractivity (Wildman–Crippen MR) is 63.5 cm³/mol. The van der Waals surface area contributed by atoms with Crippen LogP contribution in [0.25, 0.3) is 0 Å². The summed E-state index contributed by atoms with van der Waals surface area (Å²) in [6.07, 6.45) is 3.24. The van der Waals surface area contributed by atoms with Gasteiger partial charge in [0.15, 0.2) is 0 Å². The van der Waals surface area contributed by atoms with E-state index in [1.807, 2.05) is 0 Å². The summed E-state index contributed by atoms with van der Waals surface area (Å²) in [5, 5.41) is 0.955. The van der Waals surface area contributed by atoms with Crippen molar-refractivity contribution >= 4 is 56.7 Å². The quantitative estimate of drug-likeness (QED) is 0.421. The first-order valence-electron chi connectivity index (χ1n) is 4.24. The number of rotatable bonds is 6. The maximum absolute atomic E-state index is 11.0. The highest BCUT2D eigenvalue weighted by Gasteiger charge is 2.21. The van der Waals surface area contributed by atoms with Crippen LogP contribution in [0.15, 0.2) is 0 Å². The van der Waals surface area contributed by atoms with E-state index in [1.54, 1.807) is 0 Å². The Morgan fingerprint density at radius 1 is 1.21 bits per heavy atom. The second kappa shape index (κ2) is 8.03. The van der Waals surface area contributed by atoms with Crippen LogP contribution < -0.4 is 0 Å². The van der Waals surface area contributed by atoms with E-state index in [4.69, 9.17) is 39.5 Å². The molecule has 14 heavy (non-hydrogen) atoms. The summed E-state index contributed by atoms with van der Waals surface area (Å²) >= 11 is 19.5. The number of hydrogen-bond donors (Lipinski definition) is 0. The minimum atomic E-state index is -1.51. The molecule has 2 nitrogen and oxygen atoms in total. The first-order valence-corrected chi connectivity index (χ1v) is 6.49. The molecule has 0 aliphatic carbocycles. The van der Waals surface area contributed by atoms with E-state index >= 15 is 0 Å². The minimum absolute atomic E-state index is 0.186. The number of carbonyl (C=O) groups excluding carboxylic acids is 1. The van der Waals surface area contributed by atoms with Crippen LogP contribution in [-0.4, -0.2) is 21.7 Å². The van der Waals surface area contributed by atoms with Crippen molar-refractivity contribution < 1.29 is 9.53 Å². The van der Waals surface area contributed by atoms with Gasteiger partial charge in [0.05, 0.1) is 0 Å². The zero-order valence-electron chi connectivity index (χ0n) is 7.57. The van der Waals surface area contributed by atoms with Gasteiger partial charge in [-0.3, -0.25) is 4.79 Å². The highest BCUT2D eigenvalue weighted by Crippen LogP contribution is 2.26. The standard InChI is InChI=1S/C8H12BrCl3O2/c9-5-3-1-2-4-7(13)14-6-8(10,11)12/h1-6H2. The molecule has 0 aromatic heterocycles. The van der Waals surface area contributed by atoms with Crippen molar-refractivity contribution in [2.75, 3.05) is 11.9 Å². The number of alkyl halides is 4. The van der Waals surface area contributed by atoms with Gasteiger partial charge in [-0.05, 0) is 12.8 Å². The van der Waals surface area contributed by atoms with Crippen molar-refractivity contribution in [1.29, 1.82) is 0 Å². The largest absolute Gasteiger partial charge is 0.461 e. The third-order valence-electron chi connectivity index (χ3n) is 1.41. The molecule has 6 heteroatoms. The van der Waals surface area contributed by atoms with Crippen molar-refractivity contribution in [3.8, 4) is 0 Å². The van der Waals surface area contributed by atoms with Crippen LogP contribution >= 0.6 is 50.7 Å². The summed E-state index contributed by atoms with van der Waals surface area (Å²) < 4.78 is 3.23. The Hall–Kier alpha value is 0.820. The molecule has 0 heterocycles. The maximum atomic E-state index is 11.0. The van der Waals surface area contributed by atoms with Crippen molar-refractivity contribution in [2.24, 2.45) is 0 Å². The molecule has 0 unspecified atom stereocenters. The van der Waals surface area contributed by atoms with Gasteiger partial charge in [-0.1, -0.05) is 57.2 Å². The lowest BCUT2D eigenvalue weighted by atomic mass is 10.2. The highest BCUT2D eigenvalue weighted by atomic mass is 79.9. The van der Waals surface area contributed by atoms with Gasteiger partial charge in [0.1, 0.15) is 6.61 Å². The average molecular weight is 326 g/mol. The first-order chi connectivity index (χ1) is 6.45. The topological polar surface area (TPSA) is 26.3 Å². The molecule has 0 saturated carbocycles. The van der Waals surface area contributed by atoms with Gasteiger partial charge in [0.25, 0.3) is 0 Å². The third-order valence-corrected chi connectivity index (χ3v) is 2.30. The molecule has 0 bridgehead atoms. The van der Waals surface area contributed by atoms with Crippen LogP contribution in [0.5, 0.6) is 0 Å². The molecule has 0 radical (unpaired) electrons. The fourth-order valence-corrected chi connectivity index (χ4v) is 1.34. The molecule has 0 saturated heterocycles. The van der Waals surface area contributed by atoms with Crippen LogP contribution in [-0.2, 0) is 9.53 Å². The summed E-state index contributed by atoms with van der Waals surface area (Å²) in [5.41, 5.74) is 0. The van der Waals surface area contributed by atoms with Gasteiger partial charge in [0.2, 0.25) is 3.79 Å². The summed E-state index contributed by atoms with van der Waals surface area (Å²) in [7, 11) is 0. The van der Waals surface area contributed by atoms with Gasteiger partial charge in [-0.25, -0.2) is 0 Å². The number of hydrogen-bond acceptors (Lipinski definition) is 2. The van der Waals surface area contributed by atoms with Gasteiger partial charge in [-0.2, -0.15) is 0 Å². The first kappa shape index (κ1) is 14.8. The Balaban J connectivity index is 3.38. The van der Waals surface area contributed by atoms with Gasteiger partial charge >= 0.3 is 5.97 Å². The van der Waals surface area contributed by atoms with Crippen LogP contribution in [0, 0.1) is 0 Å². The second-order valence-electron chi connectivity index (χ2n) is 2.78. The van der Waals surface area contributed by atoms with E-state index in [2.05, 4.69) is 15.9 Å². The molecule has 0 spiro atoms. The summed E-state index contributed by atoms with van der Waals surface area (Å²) in [4.78, 5) is 11.0. The average Bonchev–Trinajstić information content (AvgIpc) is 2.08. The van der Waals surface area contributed by atoms with E-state index in [9.17, 15) is 4.79 Å². The van der Waals surface area contributed by atoms with Crippen LogP contribution in [0.4, 0.5) is 0 Å². The van der Waals surface area contributed by atoms with Crippen LogP contribution in [0.1, 0.15) is 25.7 Å². The van der Waals surface area contributed by atoms with Gasteiger partial charge < -0.3 is 4.74 Å². The molecule has 0 fully saturated rings.